The van der Waals surface area contributed by atoms with Crippen molar-refractivity contribution >= 4 is 6.09 Å². The Bertz CT molecular complexity index is 1200. The van der Waals surface area contributed by atoms with Crippen LogP contribution in [0.2, 0.25) is 0 Å². The minimum Gasteiger partial charge on any atom is -0.446 e. The highest BCUT2D eigenvalue weighted by atomic mass is 16.6. The Kier molecular flexibility index (Phi) is 8.48. The van der Waals surface area contributed by atoms with Gasteiger partial charge in [-0.3, -0.25) is 0 Å². The van der Waals surface area contributed by atoms with Gasteiger partial charge in [0.05, 0.1) is 37.1 Å². The van der Waals surface area contributed by atoms with Gasteiger partial charge in [-0.1, -0.05) is 34.6 Å². The molecule has 0 radical (unpaired) electrons. The maximum Gasteiger partial charge on any atom is 0.410 e. The summed E-state index contributed by atoms with van der Waals surface area (Å²) < 4.78 is 32.2. The standard InChI is InChI=1S/C39H65NO7/c1-10-44-31(35(6,7)42)25-22-24(3)29-30(46-25)32(45-11-2)37(9)27-13-12-26-34(4,5)28(47-33(41)40-18-20-43-21-19-40)14-15-38(26)23-39(27,38)17-16-36(29,37)8/h24-32,42H,10-23H2,1-9H3/t24-,25?,26+,27?,28?,29?,30?,31?,32+,36?,37-,38?,39?/m1/s1. The lowest BCUT2D eigenvalue weighted by molar-refractivity contribution is -0.220. The number of rotatable bonds is 7. The number of carbonyl (C=O) groups excluding carboxylic acids is 1. The van der Waals surface area contributed by atoms with Crippen molar-refractivity contribution in [2.75, 3.05) is 39.5 Å². The molecule has 0 aromatic carbocycles. The van der Waals surface area contributed by atoms with Crippen molar-refractivity contribution in [3.63, 3.8) is 0 Å². The summed E-state index contributed by atoms with van der Waals surface area (Å²) in [6.07, 6.45) is 8.53. The number of ether oxygens (including phenoxy) is 5. The summed E-state index contributed by atoms with van der Waals surface area (Å²) in [5.74, 6) is 2.01. The van der Waals surface area contributed by atoms with Crippen molar-refractivity contribution in [1.29, 1.82) is 0 Å². The van der Waals surface area contributed by atoms with Crippen molar-refractivity contribution in [2.45, 2.75) is 150 Å². The monoisotopic (exact) mass is 659 g/mol. The van der Waals surface area contributed by atoms with Gasteiger partial charge in [0.1, 0.15) is 12.2 Å². The topological polar surface area (TPSA) is 86.7 Å². The van der Waals surface area contributed by atoms with Crippen LogP contribution < -0.4 is 0 Å². The first kappa shape index (κ1) is 34.5. The van der Waals surface area contributed by atoms with Crippen LogP contribution in [0.5, 0.6) is 0 Å². The van der Waals surface area contributed by atoms with E-state index in [2.05, 4.69) is 41.5 Å². The van der Waals surface area contributed by atoms with E-state index in [0.29, 0.717) is 74.0 Å². The number of carbonyl (C=O) groups is 1. The molecule has 1 N–H and O–H groups in total. The second-order valence-corrected chi connectivity index (χ2v) is 18.5. The van der Waals surface area contributed by atoms with E-state index in [1.165, 1.54) is 32.1 Å². The van der Waals surface area contributed by atoms with Crippen molar-refractivity contribution < 1.29 is 33.6 Å². The van der Waals surface area contributed by atoms with E-state index >= 15 is 0 Å². The number of aliphatic hydroxyl groups is 1. The Morgan fingerprint density at radius 3 is 2.32 bits per heavy atom. The molecule has 0 aromatic rings. The molecule has 2 heterocycles. The van der Waals surface area contributed by atoms with Gasteiger partial charge in [0.15, 0.2) is 0 Å². The van der Waals surface area contributed by atoms with E-state index < -0.39 is 5.60 Å². The van der Waals surface area contributed by atoms with Crippen LogP contribution in [-0.4, -0.2) is 91.7 Å². The lowest BCUT2D eigenvalue weighted by Crippen LogP contribution is -2.60. The maximum atomic E-state index is 13.2. The van der Waals surface area contributed by atoms with Crippen LogP contribution in [0.15, 0.2) is 0 Å². The fraction of sp³-hybridized carbons (Fsp3) is 0.974. The smallest absolute Gasteiger partial charge is 0.410 e. The zero-order valence-corrected chi connectivity index (χ0v) is 30.9. The highest BCUT2D eigenvalue weighted by Crippen LogP contribution is 2.89. The SMILES string of the molecule is CCOC(C1C[C@@H](C)C2C(O1)[C@H](OCC)[C@@]1(C)C3CC[C@H]4C(C)(C)C(OC(=O)N5CCOCC5)CCC45CC35CCC21C)C(C)(C)O. The quantitative estimate of drug-likeness (QED) is 0.320. The average molecular weight is 660 g/mol. The van der Waals surface area contributed by atoms with Crippen molar-refractivity contribution in [1.82, 2.24) is 4.90 Å². The van der Waals surface area contributed by atoms with Crippen LogP contribution >= 0.6 is 0 Å². The fourth-order valence-electron chi connectivity index (χ4n) is 14.0. The molecule has 2 saturated heterocycles. The Labute approximate surface area is 284 Å². The second kappa shape index (κ2) is 11.5. The summed E-state index contributed by atoms with van der Waals surface area (Å²) in [5, 5.41) is 11.2. The van der Waals surface area contributed by atoms with Crippen LogP contribution in [0.1, 0.15) is 114 Å². The number of nitrogens with zero attached hydrogens (tertiary/aromatic N) is 1. The van der Waals surface area contributed by atoms with E-state index in [4.69, 9.17) is 23.7 Å². The molecular weight excluding hydrogens is 594 g/mol. The summed E-state index contributed by atoms with van der Waals surface area (Å²) in [5.41, 5.74) is -0.286. The average Bonchev–Trinajstić information content (AvgIpc) is 3.64. The molecular formula is C39H65NO7. The minimum absolute atomic E-state index is 0.00152. The lowest BCUT2D eigenvalue weighted by Gasteiger charge is -2.64. The second-order valence-electron chi connectivity index (χ2n) is 18.5. The van der Waals surface area contributed by atoms with Crippen molar-refractivity contribution in [2.24, 2.45) is 50.7 Å². The molecule has 13 atom stereocenters. The minimum atomic E-state index is -0.988. The van der Waals surface area contributed by atoms with Gasteiger partial charge in [0.2, 0.25) is 0 Å². The zero-order chi connectivity index (χ0) is 33.8. The highest BCUT2D eigenvalue weighted by molar-refractivity contribution is 5.68. The van der Waals surface area contributed by atoms with Crippen LogP contribution in [0.4, 0.5) is 4.79 Å². The molecule has 2 aliphatic heterocycles. The molecule has 0 bridgehead atoms. The molecule has 5 saturated carbocycles. The van der Waals surface area contributed by atoms with E-state index in [1.54, 1.807) is 0 Å². The normalized spacial score (nSPS) is 49.1. The van der Waals surface area contributed by atoms with E-state index in [9.17, 15) is 9.90 Å². The summed E-state index contributed by atoms with van der Waals surface area (Å²) in [6.45, 7) is 24.0. The summed E-state index contributed by atoms with van der Waals surface area (Å²) >= 11 is 0. The summed E-state index contributed by atoms with van der Waals surface area (Å²) in [7, 11) is 0. The maximum absolute atomic E-state index is 13.2. The Hall–Kier alpha value is -0.930. The van der Waals surface area contributed by atoms with Crippen LogP contribution in [0.25, 0.3) is 0 Å². The molecule has 0 aromatic heterocycles. The van der Waals surface area contributed by atoms with Gasteiger partial charge in [-0.25, -0.2) is 4.79 Å². The largest absolute Gasteiger partial charge is 0.446 e. The molecule has 2 spiro atoms. The van der Waals surface area contributed by atoms with Crippen molar-refractivity contribution in [3.05, 3.63) is 0 Å². The molecule has 5 aliphatic carbocycles. The van der Waals surface area contributed by atoms with Gasteiger partial charge in [0, 0.05) is 37.1 Å². The zero-order valence-electron chi connectivity index (χ0n) is 30.9. The summed E-state index contributed by atoms with van der Waals surface area (Å²) in [6, 6.07) is 0. The predicted octanol–water partition coefficient (Wildman–Crippen LogP) is 6.86. The fourth-order valence-corrected chi connectivity index (χ4v) is 14.0. The molecule has 7 rings (SSSR count). The molecule has 8 nitrogen and oxygen atoms in total. The van der Waals surface area contributed by atoms with Gasteiger partial charge < -0.3 is 33.7 Å². The third-order valence-corrected chi connectivity index (χ3v) is 16.0. The number of morpholine rings is 1. The Balaban J connectivity index is 1.17. The van der Waals surface area contributed by atoms with Crippen LogP contribution in [-0.2, 0) is 23.7 Å². The first-order valence-corrected chi connectivity index (χ1v) is 19.3. The third-order valence-electron chi connectivity index (χ3n) is 16.0. The molecule has 268 valence electrons. The van der Waals surface area contributed by atoms with Gasteiger partial charge in [-0.05, 0) is 119 Å². The first-order valence-electron chi connectivity index (χ1n) is 19.3. The molecule has 1 amide bonds. The van der Waals surface area contributed by atoms with Gasteiger partial charge >= 0.3 is 6.09 Å². The molecule has 7 fully saturated rings. The number of amides is 1. The molecule has 8 heteroatoms. The van der Waals surface area contributed by atoms with Crippen LogP contribution in [0.3, 0.4) is 0 Å². The number of hydrogen-bond donors (Lipinski definition) is 1. The van der Waals surface area contributed by atoms with Gasteiger partial charge in [0.25, 0.3) is 0 Å². The van der Waals surface area contributed by atoms with Crippen LogP contribution in [0, 0.1) is 50.7 Å². The molecule has 9 unspecified atom stereocenters. The first-order chi connectivity index (χ1) is 22.1. The number of hydrogen-bond acceptors (Lipinski definition) is 7. The Morgan fingerprint density at radius 2 is 1.66 bits per heavy atom. The predicted molar refractivity (Wildman–Crippen MR) is 180 cm³/mol. The number of fused-ring (bicyclic) bond motifs is 4. The highest BCUT2D eigenvalue weighted by Gasteiger charge is 2.85. The van der Waals surface area contributed by atoms with E-state index in [1.807, 2.05) is 25.7 Å². The lowest BCUT2D eigenvalue weighted by atomic mass is 9.41. The Morgan fingerprint density at radius 1 is 0.979 bits per heavy atom. The molecule has 47 heavy (non-hydrogen) atoms. The van der Waals surface area contributed by atoms with E-state index in [0.717, 1.165) is 19.3 Å². The van der Waals surface area contributed by atoms with Gasteiger partial charge in [-0.15, -0.1) is 0 Å². The van der Waals surface area contributed by atoms with Gasteiger partial charge in [-0.2, -0.15) is 0 Å². The van der Waals surface area contributed by atoms with E-state index in [-0.39, 0.29) is 52.9 Å². The summed E-state index contributed by atoms with van der Waals surface area (Å²) in [4.78, 5) is 15.1. The third kappa shape index (κ3) is 4.72. The molecule has 7 aliphatic rings. The van der Waals surface area contributed by atoms with Crippen molar-refractivity contribution in [3.8, 4) is 0 Å².